The summed E-state index contributed by atoms with van der Waals surface area (Å²) in [4.78, 5) is 13.1. The maximum absolute atomic E-state index is 13.3. The summed E-state index contributed by atoms with van der Waals surface area (Å²) in [5.41, 5.74) is 1.49. The number of nitrogens with zero attached hydrogens (tertiary/aromatic N) is 2. The van der Waals surface area contributed by atoms with Crippen molar-refractivity contribution in [3.8, 4) is 5.75 Å². The van der Waals surface area contributed by atoms with Crippen LogP contribution in [0.25, 0.3) is 0 Å². The van der Waals surface area contributed by atoms with E-state index in [0.717, 1.165) is 5.56 Å². The third-order valence-corrected chi connectivity index (χ3v) is 7.77. The number of carboxylic acid groups (broad SMARTS) is 1. The SMILES string of the molecule is O=C(O)C1Cc2cccc(S(=O)(=O)N3CCN(c4ccccc4OC(F)(F)F)CC3)c2C1. The van der Waals surface area contributed by atoms with Crippen molar-refractivity contribution < 1.29 is 36.2 Å². The molecular formula is C21H21F3N2O5S. The van der Waals surface area contributed by atoms with Gasteiger partial charge in [-0.1, -0.05) is 24.3 Å². The number of sulfonamides is 1. The van der Waals surface area contributed by atoms with Gasteiger partial charge in [-0.3, -0.25) is 4.79 Å². The Hall–Kier alpha value is -2.79. The first-order valence-electron chi connectivity index (χ1n) is 10.00. The lowest BCUT2D eigenvalue weighted by atomic mass is 10.1. The molecule has 11 heteroatoms. The third kappa shape index (κ3) is 4.40. The van der Waals surface area contributed by atoms with E-state index in [1.54, 1.807) is 23.1 Å². The number of fused-ring (bicyclic) bond motifs is 1. The van der Waals surface area contributed by atoms with Gasteiger partial charge in [0.05, 0.1) is 16.5 Å². The van der Waals surface area contributed by atoms with Crippen LogP contribution in [-0.4, -0.2) is 56.3 Å². The van der Waals surface area contributed by atoms with E-state index in [2.05, 4.69) is 4.74 Å². The largest absolute Gasteiger partial charge is 0.573 e. The van der Waals surface area contributed by atoms with E-state index in [1.807, 2.05) is 0 Å². The van der Waals surface area contributed by atoms with Crippen LogP contribution in [0.2, 0.25) is 0 Å². The van der Waals surface area contributed by atoms with Crippen molar-refractivity contribution in [3.05, 3.63) is 53.6 Å². The number of hydrogen-bond acceptors (Lipinski definition) is 5. The molecule has 1 saturated heterocycles. The second kappa shape index (κ2) is 8.28. The van der Waals surface area contributed by atoms with Crippen molar-refractivity contribution in [3.63, 3.8) is 0 Å². The minimum absolute atomic E-state index is 0.0781. The number of benzene rings is 2. The fraction of sp³-hybridized carbons (Fsp3) is 0.381. The number of hydrogen-bond donors (Lipinski definition) is 1. The molecule has 4 rings (SSSR count). The molecule has 0 saturated carbocycles. The third-order valence-electron chi connectivity index (χ3n) is 5.78. The van der Waals surface area contributed by atoms with E-state index in [9.17, 15) is 31.5 Å². The number of anilines is 1. The van der Waals surface area contributed by atoms with E-state index >= 15 is 0 Å². The summed E-state index contributed by atoms with van der Waals surface area (Å²) in [6.07, 6.45) is -4.39. The molecule has 0 spiro atoms. The summed E-state index contributed by atoms with van der Waals surface area (Å²) >= 11 is 0. The molecule has 2 aliphatic rings. The van der Waals surface area contributed by atoms with Crippen LogP contribution in [-0.2, 0) is 27.7 Å². The van der Waals surface area contributed by atoms with Gasteiger partial charge in [0.1, 0.15) is 0 Å². The lowest BCUT2D eigenvalue weighted by Gasteiger charge is -2.36. The van der Waals surface area contributed by atoms with Gasteiger partial charge in [-0.05, 0) is 42.2 Å². The van der Waals surface area contributed by atoms with Crippen LogP contribution in [0.15, 0.2) is 47.4 Å². The smallest absolute Gasteiger partial charge is 0.481 e. The van der Waals surface area contributed by atoms with Crippen LogP contribution in [0.3, 0.4) is 0 Å². The Labute approximate surface area is 183 Å². The van der Waals surface area contributed by atoms with Crippen LogP contribution >= 0.6 is 0 Å². The maximum Gasteiger partial charge on any atom is 0.573 e. The highest BCUT2D eigenvalue weighted by Gasteiger charge is 2.37. The Balaban J connectivity index is 1.52. The normalized spacial score (nSPS) is 19.6. The fourth-order valence-electron chi connectivity index (χ4n) is 4.27. The van der Waals surface area contributed by atoms with Crippen molar-refractivity contribution >= 4 is 21.7 Å². The van der Waals surface area contributed by atoms with E-state index < -0.39 is 28.3 Å². The minimum Gasteiger partial charge on any atom is -0.481 e. The van der Waals surface area contributed by atoms with Crippen molar-refractivity contribution in [2.75, 3.05) is 31.1 Å². The molecule has 0 amide bonds. The highest BCUT2D eigenvalue weighted by Crippen LogP contribution is 2.36. The Kier molecular flexibility index (Phi) is 5.80. The summed E-state index contributed by atoms with van der Waals surface area (Å²) in [5.74, 6) is -1.95. The lowest BCUT2D eigenvalue weighted by molar-refractivity contribution is -0.274. The average molecular weight is 470 g/mol. The van der Waals surface area contributed by atoms with Crippen LogP contribution in [0, 0.1) is 5.92 Å². The zero-order chi connectivity index (χ0) is 23.1. The fourth-order valence-corrected chi connectivity index (χ4v) is 5.97. The highest BCUT2D eigenvalue weighted by molar-refractivity contribution is 7.89. The zero-order valence-corrected chi connectivity index (χ0v) is 17.7. The van der Waals surface area contributed by atoms with Crippen molar-refractivity contribution in [1.82, 2.24) is 4.31 Å². The van der Waals surface area contributed by atoms with Crippen LogP contribution in [0.5, 0.6) is 5.75 Å². The quantitative estimate of drug-likeness (QED) is 0.723. The van der Waals surface area contributed by atoms with Gasteiger partial charge < -0.3 is 14.7 Å². The predicted molar refractivity (Wildman–Crippen MR) is 109 cm³/mol. The molecule has 0 radical (unpaired) electrons. The predicted octanol–water partition coefficient (Wildman–Crippen LogP) is 2.90. The molecule has 32 heavy (non-hydrogen) atoms. The average Bonchev–Trinajstić information content (AvgIpc) is 3.18. The van der Waals surface area contributed by atoms with Gasteiger partial charge >= 0.3 is 12.3 Å². The second-order valence-electron chi connectivity index (χ2n) is 7.74. The van der Waals surface area contributed by atoms with E-state index in [4.69, 9.17) is 0 Å². The molecular weight excluding hydrogens is 449 g/mol. The highest BCUT2D eigenvalue weighted by atomic mass is 32.2. The number of aliphatic carboxylic acids is 1. The number of alkyl halides is 3. The molecule has 1 atom stereocenters. The minimum atomic E-state index is -4.83. The Bertz CT molecular complexity index is 1130. The Morgan fingerprint density at radius 1 is 1.00 bits per heavy atom. The summed E-state index contributed by atoms with van der Waals surface area (Å²) in [7, 11) is -3.88. The molecule has 2 aromatic rings. The van der Waals surface area contributed by atoms with Gasteiger partial charge in [0.25, 0.3) is 0 Å². The molecule has 1 fully saturated rings. The van der Waals surface area contributed by atoms with Gasteiger partial charge in [0.2, 0.25) is 10.0 Å². The molecule has 1 N–H and O–H groups in total. The molecule has 1 aliphatic heterocycles. The summed E-state index contributed by atoms with van der Waals surface area (Å²) in [6.45, 7) is 0.526. The van der Waals surface area contributed by atoms with Gasteiger partial charge in [-0.25, -0.2) is 8.42 Å². The Morgan fingerprint density at radius 3 is 2.34 bits per heavy atom. The maximum atomic E-state index is 13.3. The molecule has 2 aromatic carbocycles. The molecule has 172 valence electrons. The summed E-state index contributed by atoms with van der Waals surface area (Å²) in [5, 5.41) is 9.31. The first-order chi connectivity index (χ1) is 15.1. The molecule has 1 unspecified atom stereocenters. The number of piperazine rings is 1. The van der Waals surface area contributed by atoms with E-state index in [-0.39, 0.29) is 55.4 Å². The van der Waals surface area contributed by atoms with Crippen molar-refractivity contribution in [1.29, 1.82) is 0 Å². The van der Waals surface area contributed by atoms with Crippen LogP contribution < -0.4 is 9.64 Å². The summed E-state index contributed by atoms with van der Waals surface area (Å²) < 4.78 is 70.2. The van der Waals surface area contributed by atoms with Crippen molar-refractivity contribution in [2.45, 2.75) is 24.1 Å². The number of carbonyl (C=O) groups is 1. The van der Waals surface area contributed by atoms with Gasteiger partial charge in [-0.15, -0.1) is 13.2 Å². The summed E-state index contributed by atoms with van der Waals surface area (Å²) in [6, 6.07) is 10.6. The standard InChI is InChI=1S/C21H21F3N2O5S/c22-21(23,24)31-18-6-2-1-5-17(18)25-8-10-26(11-9-25)32(29,30)19-7-3-4-14-12-15(20(27)28)13-16(14)19/h1-7,15H,8-13H2,(H,27,28). The Morgan fingerprint density at radius 2 is 1.69 bits per heavy atom. The van der Waals surface area contributed by atoms with E-state index in [0.29, 0.717) is 5.56 Å². The van der Waals surface area contributed by atoms with Gasteiger partial charge in [0.15, 0.2) is 5.75 Å². The van der Waals surface area contributed by atoms with Crippen LogP contribution in [0.4, 0.5) is 18.9 Å². The van der Waals surface area contributed by atoms with Gasteiger partial charge in [0, 0.05) is 26.2 Å². The first-order valence-corrected chi connectivity index (χ1v) is 11.4. The number of ether oxygens (including phenoxy) is 1. The molecule has 7 nitrogen and oxygen atoms in total. The topological polar surface area (TPSA) is 87.1 Å². The molecule has 1 heterocycles. The first kappa shape index (κ1) is 22.4. The van der Waals surface area contributed by atoms with E-state index in [1.165, 1.54) is 28.6 Å². The zero-order valence-electron chi connectivity index (χ0n) is 16.9. The number of halogens is 3. The molecule has 1 aliphatic carbocycles. The number of rotatable bonds is 5. The second-order valence-corrected chi connectivity index (χ2v) is 9.65. The monoisotopic (exact) mass is 470 g/mol. The molecule has 0 bridgehead atoms. The number of para-hydroxylation sites is 2. The molecule has 0 aromatic heterocycles. The number of carboxylic acids is 1. The van der Waals surface area contributed by atoms with Crippen molar-refractivity contribution in [2.24, 2.45) is 5.92 Å². The van der Waals surface area contributed by atoms with Crippen LogP contribution in [0.1, 0.15) is 11.1 Å². The lowest BCUT2D eigenvalue weighted by Crippen LogP contribution is -2.49. The van der Waals surface area contributed by atoms with Gasteiger partial charge in [-0.2, -0.15) is 4.31 Å².